The number of benzene rings is 1. The van der Waals surface area contributed by atoms with Crippen LogP contribution in [0.4, 0.5) is 4.79 Å². The molecule has 2 aromatic rings. The largest absolute Gasteiger partial charge is 0.335 e. The number of rotatable bonds is 2. The van der Waals surface area contributed by atoms with Gasteiger partial charge in [0.05, 0.1) is 5.69 Å². The van der Waals surface area contributed by atoms with Crippen molar-refractivity contribution in [1.82, 2.24) is 15.2 Å². The fraction of sp³-hybridized carbons (Fsp3) is 0.364. The standard InChI is InChI=1S/C22H23N3O/c1-25-21(26)24-16-22(25,19-9-5-6-10-19)20-14-13-18(15-23-20)12-11-17-7-3-2-4-8-17/h2-4,7-8,13-15,19H,5-6,9-10,16H2,1H3,(H,24,26). The summed E-state index contributed by atoms with van der Waals surface area (Å²) in [5.74, 6) is 6.79. The third-order valence-electron chi connectivity index (χ3n) is 5.77. The molecule has 0 bridgehead atoms. The summed E-state index contributed by atoms with van der Waals surface area (Å²) in [7, 11) is 1.89. The highest BCUT2D eigenvalue weighted by Crippen LogP contribution is 2.45. The minimum Gasteiger partial charge on any atom is -0.335 e. The van der Waals surface area contributed by atoms with Gasteiger partial charge in [-0.2, -0.15) is 0 Å². The van der Waals surface area contributed by atoms with E-state index in [1.807, 2.05) is 60.6 Å². The molecule has 132 valence electrons. The van der Waals surface area contributed by atoms with Crippen molar-refractivity contribution < 1.29 is 4.79 Å². The highest BCUT2D eigenvalue weighted by Gasteiger charge is 2.51. The smallest absolute Gasteiger partial charge is 0.318 e. The van der Waals surface area contributed by atoms with Crippen molar-refractivity contribution in [3.8, 4) is 11.8 Å². The Morgan fingerprint density at radius 3 is 2.42 bits per heavy atom. The van der Waals surface area contributed by atoms with Crippen molar-refractivity contribution in [2.75, 3.05) is 13.6 Å². The second kappa shape index (κ2) is 6.84. The molecule has 1 unspecified atom stereocenters. The zero-order valence-corrected chi connectivity index (χ0v) is 15.0. The molecule has 4 nitrogen and oxygen atoms in total. The number of nitrogens with one attached hydrogen (secondary N) is 1. The van der Waals surface area contributed by atoms with Gasteiger partial charge in [0.1, 0.15) is 5.54 Å². The van der Waals surface area contributed by atoms with Crippen LogP contribution in [0.15, 0.2) is 48.7 Å². The van der Waals surface area contributed by atoms with Crippen LogP contribution < -0.4 is 5.32 Å². The Balaban J connectivity index is 1.64. The Hall–Kier alpha value is -2.80. The zero-order chi connectivity index (χ0) is 18.0. The molecule has 2 heterocycles. The average Bonchev–Trinajstić information content (AvgIpc) is 3.32. The summed E-state index contributed by atoms with van der Waals surface area (Å²) in [6.45, 7) is 0.634. The van der Waals surface area contributed by atoms with Crippen LogP contribution in [0.2, 0.25) is 0 Å². The van der Waals surface area contributed by atoms with Gasteiger partial charge in [0.2, 0.25) is 0 Å². The van der Waals surface area contributed by atoms with E-state index >= 15 is 0 Å². The van der Waals surface area contributed by atoms with Crippen LogP contribution in [0.5, 0.6) is 0 Å². The molecule has 0 radical (unpaired) electrons. The Kier molecular flexibility index (Phi) is 4.38. The molecular weight excluding hydrogens is 322 g/mol. The molecule has 2 aliphatic rings. The predicted octanol–water partition coefficient (Wildman–Crippen LogP) is 3.52. The SMILES string of the molecule is CN1C(=O)NCC1(c1ccc(C#Cc2ccccc2)cn1)C1CCCC1. The first-order valence-corrected chi connectivity index (χ1v) is 9.25. The molecule has 2 amide bonds. The molecule has 4 rings (SSSR count). The highest BCUT2D eigenvalue weighted by molar-refractivity contribution is 5.78. The average molecular weight is 345 g/mol. The number of likely N-dealkylation sites (N-methyl/N-ethyl adjacent to an activating group) is 1. The third-order valence-corrected chi connectivity index (χ3v) is 5.77. The Bertz CT molecular complexity index is 844. The number of pyridine rings is 1. The van der Waals surface area contributed by atoms with Crippen molar-refractivity contribution in [2.45, 2.75) is 31.2 Å². The summed E-state index contributed by atoms with van der Waals surface area (Å²) in [5.41, 5.74) is 2.51. The summed E-state index contributed by atoms with van der Waals surface area (Å²) in [5, 5.41) is 3.02. The Morgan fingerprint density at radius 2 is 1.81 bits per heavy atom. The first kappa shape index (κ1) is 16.7. The lowest BCUT2D eigenvalue weighted by Crippen LogP contribution is -2.48. The van der Waals surface area contributed by atoms with Gasteiger partial charge in [0.15, 0.2) is 0 Å². The maximum atomic E-state index is 12.2. The van der Waals surface area contributed by atoms with Crippen LogP contribution >= 0.6 is 0 Å². The van der Waals surface area contributed by atoms with Crippen molar-refractivity contribution >= 4 is 6.03 Å². The second-order valence-corrected chi connectivity index (χ2v) is 7.17. The number of aromatic nitrogens is 1. The van der Waals surface area contributed by atoms with Gasteiger partial charge in [-0.1, -0.05) is 42.9 Å². The van der Waals surface area contributed by atoms with Crippen molar-refractivity contribution in [1.29, 1.82) is 0 Å². The molecule has 1 N–H and O–H groups in total. The van der Waals surface area contributed by atoms with Crippen molar-refractivity contribution in [3.05, 3.63) is 65.5 Å². The summed E-state index contributed by atoms with van der Waals surface area (Å²) >= 11 is 0. The van der Waals surface area contributed by atoms with Gasteiger partial charge in [0.25, 0.3) is 0 Å². The maximum absolute atomic E-state index is 12.2. The first-order valence-electron chi connectivity index (χ1n) is 9.25. The van der Waals surface area contributed by atoms with Gasteiger partial charge in [-0.3, -0.25) is 4.98 Å². The number of carbonyl (C=O) groups is 1. The van der Waals surface area contributed by atoms with Gasteiger partial charge in [0, 0.05) is 30.9 Å². The first-order chi connectivity index (χ1) is 12.7. The molecule has 1 aromatic heterocycles. The maximum Gasteiger partial charge on any atom is 0.318 e. The molecule has 1 atom stereocenters. The van der Waals surface area contributed by atoms with E-state index in [4.69, 9.17) is 4.98 Å². The second-order valence-electron chi connectivity index (χ2n) is 7.17. The topological polar surface area (TPSA) is 45.2 Å². The number of nitrogens with zero attached hydrogens (tertiary/aromatic N) is 2. The number of hydrogen-bond donors (Lipinski definition) is 1. The number of amides is 2. The third kappa shape index (κ3) is 2.84. The van der Waals surface area contributed by atoms with E-state index in [0.29, 0.717) is 12.5 Å². The number of urea groups is 1. The van der Waals surface area contributed by atoms with Crippen LogP contribution in [0, 0.1) is 17.8 Å². The molecule has 2 fully saturated rings. The van der Waals surface area contributed by atoms with Crippen LogP contribution in [0.1, 0.15) is 42.5 Å². The normalized spacial score (nSPS) is 22.8. The highest BCUT2D eigenvalue weighted by atomic mass is 16.2. The molecular formula is C22H23N3O. The Morgan fingerprint density at radius 1 is 1.08 bits per heavy atom. The van der Waals surface area contributed by atoms with E-state index < -0.39 is 0 Å². The van der Waals surface area contributed by atoms with Crippen LogP contribution in [0.25, 0.3) is 0 Å². The zero-order valence-electron chi connectivity index (χ0n) is 15.0. The van der Waals surface area contributed by atoms with Gasteiger partial charge in [-0.25, -0.2) is 4.79 Å². The molecule has 1 saturated heterocycles. The van der Waals surface area contributed by atoms with E-state index in [1.165, 1.54) is 12.8 Å². The molecule has 1 aliphatic heterocycles. The Labute approximate surface area is 154 Å². The van der Waals surface area contributed by atoms with E-state index in [9.17, 15) is 4.79 Å². The molecule has 26 heavy (non-hydrogen) atoms. The van der Waals surface area contributed by atoms with Gasteiger partial charge >= 0.3 is 6.03 Å². The summed E-state index contributed by atoms with van der Waals surface area (Å²) < 4.78 is 0. The fourth-order valence-electron chi connectivity index (χ4n) is 4.31. The molecule has 1 aromatic carbocycles. The van der Waals surface area contributed by atoms with E-state index in [0.717, 1.165) is 29.7 Å². The van der Waals surface area contributed by atoms with E-state index in [2.05, 4.69) is 17.2 Å². The van der Waals surface area contributed by atoms with Gasteiger partial charge < -0.3 is 10.2 Å². The van der Waals surface area contributed by atoms with Crippen molar-refractivity contribution in [3.63, 3.8) is 0 Å². The minimum absolute atomic E-state index is 0.00774. The van der Waals surface area contributed by atoms with E-state index in [1.54, 1.807) is 0 Å². The van der Waals surface area contributed by atoms with Crippen molar-refractivity contribution in [2.24, 2.45) is 5.92 Å². The molecule has 1 aliphatic carbocycles. The van der Waals surface area contributed by atoms with Crippen LogP contribution in [-0.2, 0) is 5.54 Å². The van der Waals surface area contributed by atoms with Crippen LogP contribution in [0.3, 0.4) is 0 Å². The lowest BCUT2D eigenvalue weighted by molar-refractivity contribution is 0.118. The summed E-state index contributed by atoms with van der Waals surface area (Å²) in [6.07, 6.45) is 6.59. The quantitative estimate of drug-likeness (QED) is 0.847. The molecule has 0 spiro atoms. The molecule has 1 saturated carbocycles. The predicted molar refractivity (Wildman–Crippen MR) is 101 cm³/mol. The number of hydrogen-bond acceptors (Lipinski definition) is 2. The van der Waals surface area contributed by atoms with Crippen LogP contribution in [-0.4, -0.2) is 29.5 Å². The lowest BCUT2D eigenvalue weighted by Gasteiger charge is -2.39. The lowest BCUT2D eigenvalue weighted by atomic mass is 9.79. The molecule has 4 heteroatoms. The summed E-state index contributed by atoms with van der Waals surface area (Å²) in [6, 6.07) is 14.0. The monoisotopic (exact) mass is 345 g/mol. The van der Waals surface area contributed by atoms with Gasteiger partial charge in [-0.15, -0.1) is 0 Å². The number of carbonyl (C=O) groups excluding carboxylic acids is 1. The summed E-state index contributed by atoms with van der Waals surface area (Å²) in [4.78, 5) is 18.8. The van der Waals surface area contributed by atoms with Gasteiger partial charge in [-0.05, 0) is 43.0 Å². The van der Waals surface area contributed by atoms with E-state index in [-0.39, 0.29) is 11.6 Å². The minimum atomic E-state index is -0.334. The fourth-order valence-corrected chi connectivity index (χ4v) is 4.31.